The Balaban J connectivity index is 2.46. The van der Waals surface area contributed by atoms with E-state index in [-0.39, 0.29) is 18.3 Å². The minimum atomic E-state index is -4.70. The smallest absolute Gasteiger partial charge is 0.416 e. The summed E-state index contributed by atoms with van der Waals surface area (Å²) < 4.78 is 70.7. The predicted molar refractivity (Wildman–Crippen MR) is 135 cm³/mol. The highest BCUT2D eigenvalue weighted by Crippen LogP contribution is 2.32. The summed E-state index contributed by atoms with van der Waals surface area (Å²) in [7, 11) is -2.69. The Kier molecular flexibility index (Phi) is 9.96. The van der Waals surface area contributed by atoms with E-state index in [2.05, 4.69) is 5.32 Å². The van der Waals surface area contributed by atoms with E-state index in [1.165, 1.54) is 25.0 Å². The molecule has 0 unspecified atom stereocenters. The molecule has 2 aromatic rings. The van der Waals surface area contributed by atoms with Crippen molar-refractivity contribution in [1.29, 1.82) is 0 Å². The maximum absolute atomic E-state index is 13.5. The number of nitrogens with one attached hydrogen (secondary N) is 1. The third-order valence-electron chi connectivity index (χ3n) is 5.80. The molecule has 0 fully saturated rings. The Bertz CT molecular complexity index is 1200. The number of rotatable bonds is 11. The molecule has 0 bridgehead atoms. The van der Waals surface area contributed by atoms with E-state index < -0.39 is 46.2 Å². The number of amides is 2. The molecule has 0 aliphatic rings. The quantitative estimate of drug-likeness (QED) is 0.465. The maximum atomic E-state index is 13.5. The first-order chi connectivity index (χ1) is 17.2. The minimum Gasteiger partial charge on any atom is -0.497 e. The Hall–Kier alpha value is -3.28. The maximum Gasteiger partial charge on any atom is 0.416 e. The van der Waals surface area contributed by atoms with Crippen LogP contribution in [0, 0.1) is 0 Å². The van der Waals surface area contributed by atoms with Gasteiger partial charge in [0.25, 0.3) is 0 Å². The normalized spacial score (nSPS) is 13.4. The molecular weight excluding hydrogens is 511 g/mol. The van der Waals surface area contributed by atoms with E-state index in [0.717, 1.165) is 18.4 Å². The van der Waals surface area contributed by atoms with E-state index in [1.54, 1.807) is 31.2 Å². The highest BCUT2D eigenvalue weighted by molar-refractivity contribution is 7.92. The largest absolute Gasteiger partial charge is 0.497 e. The van der Waals surface area contributed by atoms with Crippen molar-refractivity contribution >= 4 is 27.5 Å². The third kappa shape index (κ3) is 8.38. The first-order valence-electron chi connectivity index (χ1n) is 11.5. The fraction of sp³-hybridized carbons (Fsp3) is 0.440. The number of carbonyl (C=O) groups excluding carboxylic acids is 2. The SMILES string of the molecule is CC[C@@H](C)NC(=O)[C@@H](C)N(Cc1cccc(OC)c1)C(=O)CN(c1cccc(C(F)(F)F)c1)S(C)(=O)=O. The number of anilines is 1. The predicted octanol–water partition coefficient (Wildman–Crippen LogP) is 3.81. The summed E-state index contributed by atoms with van der Waals surface area (Å²) in [4.78, 5) is 27.6. The average molecular weight is 544 g/mol. The van der Waals surface area contributed by atoms with Gasteiger partial charge >= 0.3 is 6.18 Å². The summed E-state index contributed by atoms with van der Waals surface area (Å²) in [6, 6.07) is 9.33. The van der Waals surface area contributed by atoms with Crippen LogP contribution in [0.1, 0.15) is 38.3 Å². The van der Waals surface area contributed by atoms with Gasteiger partial charge in [-0.25, -0.2) is 8.42 Å². The van der Waals surface area contributed by atoms with Crippen LogP contribution in [0.2, 0.25) is 0 Å². The standard InChI is InChI=1S/C25H32F3N3O5S/c1-6-17(2)29-24(33)18(3)30(15-19-9-7-12-22(13-19)36-4)23(32)16-31(37(5,34)35)21-11-8-10-20(14-21)25(26,27)28/h7-14,17-18H,6,15-16H2,1-5H3,(H,29,33)/t17-,18-/m1/s1. The van der Waals surface area contributed by atoms with Crippen LogP contribution >= 0.6 is 0 Å². The lowest BCUT2D eigenvalue weighted by Gasteiger charge is -2.32. The Morgan fingerprint density at radius 2 is 1.73 bits per heavy atom. The van der Waals surface area contributed by atoms with Crippen LogP contribution in [0.3, 0.4) is 0 Å². The molecule has 1 N–H and O–H groups in total. The number of benzene rings is 2. The minimum absolute atomic E-state index is 0.0642. The van der Waals surface area contributed by atoms with Crippen molar-refractivity contribution in [3.8, 4) is 5.75 Å². The van der Waals surface area contributed by atoms with Crippen LogP contribution in [0.25, 0.3) is 0 Å². The number of methoxy groups -OCH3 is 1. The fourth-order valence-electron chi connectivity index (χ4n) is 3.47. The Morgan fingerprint density at radius 3 is 2.30 bits per heavy atom. The van der Waals surface area contributed by atoms with Gasteiger partial charge in [0.15, 0.2) is 0 Å². The van der Waals surface area contributed by atoms with Gasteiger partial charge < -0.3 is 15.0 Å². The number of ether oxygens (including phenoxy) is 1. The molecule has 2 atom stereocenters. The molecule has 204 valence electrons. The van der Waals surface area contributed by atoms with Gasteiger partial charge in [0, 0.05) is 12.6 Å². The number of carbonyl (C=O) groups is 2. The lowest BCUT2D eigenvalue weighted by atomic mass is 10.1. The second kappa shape index (κ2) is 12.3. The van der Waals surface area contributed by atoms with Gasteiger partial charge in [0.05, 0.1) is 24.6 Å². The van der Waals surface area contributed by atoms with Crippen LogP contribution in [-0.4, -0.2) is 57.1 Å². The second-order valence-electron chi connectivity index (χ2n) is 8.68. The third-order valence-corrected chi connectivity index (χ3v) is 6.94. The summed E-state index contributed by atoms with van der Waals surface area (Å²) in [5.74, 6) is -0.698. The molecule has 2 amide bonds. The van der Waals surface area contributed by atoms with E-state index in [9.17, 15) is 31.2 Å². The lowest BCUT2D eigenvalue weighted by Crippen LogP contribution is -2.52. The van der Waals surface area contributed by atoms with Crippen molar-refractivity contribution in [2.24, 2.45) is 0 Å². The number of halogens is 3. The van der Waals surface area contributed by atoms with E-state index in [0.29, 0.717) is 28.1 Å². The number of hydrogen-bond acceptors (Lipinski definition) is 5. The molecule has 8 nitrogen and oxygen atoms in total. The first kappa shape index (κ1) is 29.9. The van der Waals surface area contributed by atoms with Crippen molar-refractivity contribution in [2.45, 2.75) is 52.0 Å². The van der Waals surface area contributed by atoms with Gasteiger partial charge in [-0.05, 0) is 56.2 Å². The molecule has 0 aliphatic heterocycles. The van der Waals surface area contributed by atoms with Crippen LogP contribution in [0.4, 0.5) is 18.9 Å². The van der Waals surface area contributed by atoms with Crippen LogP contribution in [0.15, 0.2) is 48.5 Å². The van der Waals surface area contributed by atoms with Crippen molar-refractivity contribution < 1.29 is 35.9 Å². The Labute approximate surface area is 215 Å². The molecule has 37 heavy (non-hydrogen) atoms. The molecule has 0 saturated heterocycles. The number of hydrogen-bond donors (Lipinski definition) is 1. The monoisotopic (exact) mass is 543 g/mol. The second-order valence-corrected chi connectivity index (χ2v) is 10.6. The van der Waals surface area contributed by atoms with Gasteiger partial charge in [0.2, 0.25) is 21.8 Å². The molecule has 0 aliphatic carbocycles. The summed E-state index contributed by atoms with van der Waals surface area (Å²) in [5.41, 5.74) is -0.759. The van der Waals surface area contributed by atoms with E-state index in [1.807, 2.05) is 6.92 Å². The topological polar surface area (TPSA) is 96.0 Å². The van der Waals surface area contributed by atoms with Crippen molar-refractivity contribution in [3.63, 3.8) is 0 Å². The van der Waals surface area contributed by atoms with E-state index in [4.69, 9.17) is 4.74 Å². The Morgan fingerprint density at radius 1 is 1.08 bits per heavy atom. The van der Waals surface area contributed by atoms with Crippen molar-refractivity contribution in [3.05, 3.63) is 59.7 Å². The molecule has 2 rings (SSSR count). The fourth-order valence-corrected chi connectivity index (χ4v) is 4.31. The zero-order chi connectivity index (χ0) is 28.0. The summed E-state index contributed by atoms with van der Waals surface area (Å²) in [6.07, 6.45) is -3.25. The summed E-state index contributed by atoms with van der Waals surface area (Å²) in [5, 5.41) is 2.80. The van der Waals surface area contributed by atoms with Crippen molar-refractivity contribution in [1.82, 2.24) is 10.2 Å². The highest BCUT2D eigenvalue weighted by Gasteiger charge is 2.33. The van der Waals surface area contributed by atoms with Crippen LogP contribution in [-0.2, 0) is 32.3 Å². The molecule has 12 heteroatoms. The van der Waals surface area contributed by atoms with E-state index >= 15 is 0 Å². The number of alkyl halides is 3. The zero-order valence-electron chi connectivity index (χ0n) is 21.4. The molecule has 0 heterocycles. The van der Waals surface area contributed by atoms with Gasteiger partial charge in [0.1, 0.15) is 18.3 Å². The van der Waals surface area contributed by atoms with Gasteiger partial charge in [-0.15, -0.1) is 0 Å². The van der Waals surface area contributed by atoms with Gasteiger partial charge in [-0.1, -0.05) is 25.1 Å². The molecule has 0 spiro atoms. The molecule has 0 radical (unpaired) electrons. The molecular formula is C25H32F3N3O5S. The summed E-state index contributed by atoms with van der Waals surface area (Å²) >= 11 is 0. The average Bonchev–Trinajstić information content (AvgIpc) is 2.84. The van der Waals surface area contributed by atoms with Crippen LogP contribution in [0.5, 0.6) is 5.75 Å². The molecule has 2 aromatic carbocycles. The first-order valence-corrected chi connectivity index (χ1v) is 13.4. The van der Waals surface area contributed by atoms with Crippen molar-refractivity contribution in [2.75, 3.05) is 24.2 Å². The number of sulfonamides is 1. The molecule has 0 saturated carbocycles. The number of nitrogens with zero attached hydrogens (tertiary/aromatic N) is 2. The summed E-state index contributed by atoms with van der Waals surface area (Å²) in [6.45, 7) is 4.33. The lowest BCUT2D eigenvalue weighted by molar-refractivity contribution is -0.139. The van der Waals surface area contributed by atoms with Crippen LogP contribution < -0.4 is 14.4 Å². The zero-order valence-corrected chi connectivity index (χ0v) is 22.2. The molecule has 0 aromatic heterocycles. The highest BCUT2D eigenvalue weighted by atomic mass is 32.2. The van der Waals surface area contributed by atoms with Gasteiger partial charge in [-0.2, -0.15) is 13.2 Å². The van der Waals surface area contributed by atoms with Gasteiger partial charge in [-0.3, -0.25) is 13.9 Å².